The molecular weight excluding hydrogens is 388 g/mol. The van der Waals surface area contributed by atoms with Crippen molar-refractivity contribution in [2.45, 2.75) is 25.3 Å². The van der Waals surface area contributed by atoms with E-state index in [0.29, 0.717) is 28.5 Å². The lowest BCUT2D eigenvalue weighted by molar-refractivity contribution is -0.385. The molecule has 0 saturated carbocycles. The third kappa shape index (κ3) is 3.24. The van der Waals surface area contributed by atoms with E-state index < -0.39 is 5.97 Å². The molecule has 0 saturated heterocycles. The molecule has 1 aliphatic heterocycles. The number of anilines is 1. The van der Waals surface area contributed by atoms with E-state index in [1.165, 1.54) is 20.1 Å². The fraction of sp³-hybridized carbons (Fsp3) is 0.318. The Hall–Kier alpha value is -3.55. The fourth-order valence-electron chi connectivity index (χ4n) is 4.44. The third-order valence-electron chi connectivity index (χ3n) is 5.68. The second-order valence-electron chi connectivity index (χ2n) is 7.31. The van der Waals surface area contributed by atoms with Gasteiger partial charge in [0.15, 0.2) is 11.5 Å². The molecule has 2 aromatic carbocycles. The molecule has 4 rings (SSSR count). The molecule has 2 aliphatic rings. The first-order chi connectivity index (χ1) is 14.4. The van der Waals surface area contributed by atoms with E-state index in [1.54, 1.807) is 19.2 Å². The number of carbonyl (C=O) groups is 1. The predicted molar refractivity (Wildman–Crippen MR) is 110 cm³/mol. The van der Waals surface area contributed by atoms with Crippen LogP contribution in [0, 0.1) is 16.0 Å². The summed E-state index contributed by atoms with van der Waals surface area (Å²) in [7, 11) is 3.06. The van der Waals surface area contributed by atoms with Gasteiger partial charge in [0, 0.05) is 18.9 Å². The van der Waals surface area contributed by atoms with Crippen molar-refractivity contribution in [3.8, 4) is 17.2 Å². The van der Waals surface area contributed by atoms with Crippen LogP contribution in [0.15, 0.2) is 42.5 Å². The van der Waals surface area contributed by atoms with Gasteiger partial charge in [0.05, 0.1) is 36.4 Å². The molecule has 0 bridgehead atoms. The highest BCUT2D eigenvalue weighted by Crippen LogP contribution is 2.55. The van der Waals surface area contributed by atoms with Crippen LogP contribution in [0.2, 0.25) is 0 Å². The minimum atomic E-state index is -0.428. The highest BCUT2D eigenvalue weighted by molar-refractivity contribution is 5.74. The highest BCUT2D eigenvalue weighted by atomic mass is 16.6. The van der Waals surface area contributed by atoms with Crippen molar-refractivity contribution in [2.75, 3.05) is 19.5 Å². The van der Waals surface area contributed by atoms with Crippen molar-refractivity contribution < 1.29 is 23.9 Å². The van der Waals surface area contributed by atoms with Gasteiger partial charge in [0.25, 0.3) is 5.69 Å². The number of carbonyl (C=O) groups excluding carboxylic acids is 1. The second-order valence-corrected chi connectivity index (χ2v) is 7.31. The zero-order valence-electron chi connectivity index (χ0n) is 16.9. The Morgan fingerprint density at radius 1 is 1.13 bits per heavy atom. The quantitative estimate of drug-likeness (QED) is 0.257. The largest absolute Gasteiger partial charge is 0.495 e. The summed E-state index contributed by atoms with van der Waals surface area (Å²) < 4.78 is 16.1. The van der Waals surface area contributed by atoms with Gasteiger partial charge in [-0.25, -0.2) is 0 Å². The zero-order valence-corrected chi connectivity index (χ0v) is 16.9. The molecule has 3 atom stereocenters. The third-order valence-corrected chi connectivity index (χ3v) is 5.68. The molecule has 1 heterocycles. The number of benzene rings is 2. The van der Waals surface area contributed by atoms with Crippen molar-refractivity contribution in [3.05, 3.63) is 63.7 Å². The summed E-state index contributed by atoms with van der Waals surface area (Å²) >= 11 is 0. The lowest BCUT2D eigenvalue weighted by Gasteiger charge is -2.37. The van der Waals surface area contributed by atoms with Crippen LogP contribution in [0.1, 0.15) is 36.4 Å². The number of nitrogens with zero attached hydrogens (tertiary/aromatic N) is 1. The molecular formula is C22H22N2O6. The molecule has 2 aromatic rings. The van der Waals surface area contributed by atoms with Crippen molar-refractivity contribution >= 4 is 17.3 Å². The van der Waals surface area contributed by atoms with Gasteiger partial charge in [0.1, 0.15) is 5.75 Å². The maximum atomic E-state index is 11.7. The molecule has 0 spiro atoms. The first-order valence-corrected chi connectivity index (χ1v) is 9.59. The highest BCUT2D eigenvalue weighted by Gasteiger charge is 2.43. The van der Waals surface area contributed by atoms with Crippen molar-refractivity contribution in [3.63, 3.8) is 0 Å². The number of methoxy groups -OCH3 is 2. The number of rotatable bonds is 5. The van der Waals surface area contributed by atoms with Gasteiger partial charge >= 0.3 is 5.97 Å². The Kier molecular flexibility index (Phi) is 5.07. The van der Waals surface area contributed by atoms with E-state index in [4.69, 9.17) is 14.2 Å². The van der Waals surface area contributed by atoms with E-state index >= 15 is 0 Å². The summed E-state index contributed by atoms with van der Waals surface area (Å²) in [6.45, 7) is 1.33. The van der Waals surface area contributed by atoms with Gasteiger partial charge in [-0.3, -0.25) is 14.9 Å². The minimum absolute atomic E-state index is 0.0843. The monoisotopic (exact) mass is 410 g/mol. The number of allylic oxidation sites excluding steroid dienone is 2. The summed E-state index contributed by atoms with van der Waals surface area (Å²) in [4.78, 5) is 22.7. The van der Waals surface area contributed by atoms with Crippen molar-refractivity contribution in [2.24, 2.45) is 5.92 Å². The van der Waals surface area contributed by atoms with E-state index in [2.05, 4.69) is 11.4 Å². The van der Waals surface area contributed by atoms with Crippen LogP contribution in [0.5, 0.6) is 17.2 Å². The summed E-state index contributed by atoms with van der Waals surface area (Å²) in [6.07, 6.45) is 4.88. The van der Waals surface area contributed by atoms with Gasteiger partial charge in [-0.1, -0.05) is 18.2 Å². The van der Waals surface area contributed by atoms with Crippen LogP contribution < -0.4 is 19.5 Å². The van der Waals surface area contributed by atoms with E-state index in [1.807, 2.05) is 18.2 Å². The lowest BCUT2D eigenvalue weighted by Crippen LogP contribution is -2.30. The van der Waals surface area contributed by atoms with Crippen molar-refractivity contribution in [1.82, 2.24) is 0 Å². The number of fused-ring (bicyclic) bond motifs is 3. The van der Waals surface area contributed by atoms with Crippen LogP contribution in [0.25, 0.3) is 0 Å². The predicted octanol–water partition coefficient (Wildman–Crippen LogP) is 4.36. The maximum absolute atomic E-state index is 11.7. The number of nitro groups is 1. The summed E-state index contributed by atoms with van der Waals surface area (Å²) in [6, 6.07) is 8.40. The van der Waals surface area contributed by atoms with Crippen LogP contribution in [0.4, 0.5) is 11.4 Å². The Bertz CT molecular complexity index is 1050. The summed E-state index contributed by atoms with van der Waals surface area (Å²) in [5, 5.41) is 15.2. The van der Waals surface area contributed by atoms with Crippen LogP contribution in [-0.2, 0) is 4.79 Å². The van der Waals surface area contributed by atoms with Gasteiger partial charge in [-0.15, -0.1) is 0 Å². The van der Waals surface area contributed by atoms with Crippen molar-refractivity contribution in [1.29, 1.82) is 0 Å². The normalized spacial score (nSPS) is 21.2. The minimum Gasteiger partial charge on any atom is -0.495 e. The number of esters is 1. The van der Waals surface area contributed by atoms with Gasteiger partial charge in [-0.2, -0.15) is 0 Å². The van der Waals surface area contributed by atoms with Crippen LogP contribution in [0.3, 0.4) is 0 Å². The molecule has 30 heavy (non-hydrogen) atoms. The first-order valence-electron chi connectivity index (χ1n) is 9.59. The van der Waals surface area contributed by atoms with E-state index in [0.717, 1.165) is 12.0 Å². The number of hydrogen-bond acceptors (Lipinski definition) is 7. The molecule has 8 heteroatoms. The number of hydrogen-bond donors (Lipinski definition) is 1. The Balaban J connectivity index is 1.81. The average molecular weight is 410 g/mol. The van der Waals surface area contributed by atoms with Crippen LogP contribution in [-0.4, -0.2) is 25.1 Å². The Labute approximate surface area is 173 Å². The van der Waals surface area contributed by atoms with Gasteiger partial charge in [-0.05, 0) is 36.1 Å². The summed E-state index contributed by atoms with van der Waals surface area (Å²) in [5.41, 5.74) is 2.30. The topological polar surface area (TPSA) is 99.9 Å². The van der Waals surface area contributed by atoms with Gasteiger partial charge in [0.2, 0.25) is 0 Å². The summed E-state index contributed by atoms with van der Waals surface area (Å²) in [5.74, 6) is 0.905. The average Bonchev–Trinajstić information content (AvgIpc) is 3.22. The maximum Gasteiger partial charge on any atom is 0.308 e. The molecule has 156 valence electrons. The molecule has 0 fully saturated rings. The second kappa shape index (κ2) is 7.70. The zero-order chi connectivity index (χ0) is 21.4. The SMILES string of the molecule is COc1cc(C2Nc3c(OC)ccc([N+](=O)[O-])c3C3C=CCC32)ccc1OC(C)=O. The van der Waals surface area contributed by atoms with Gasteiger partial charge < -0.3 is 19.5 Å². The number of ether oxygens (including phenoxy) is 3. The standard InChI is InChI=1S/C22H22N2O6/c1-12(25)30-17-9-7-13(11-19(17)29-3)21-15-6-4-5-14(15)20-16(24(26)27)8-10-18(28-2)22(20)23-21/h4-5,7-11,14-15,21,23H,6H2,1-3H3. The van der Waals surface area contributed by atoms with E-state index in [-0.39, 0.29) is 28.5 Å². The lowest BCUT2D eigenvalue weighted by atomic mass is 9.76. The fourth-order valence-corrected chi connectivity index (χ4v) is 4.44. The molecule has 1 aliphatic carbocycles. The molecule has 0 aromatic heterocycles. The molecule has 8 nitrogen and oxygen atoms in total. The molecule has 0 amide bonds. The molecule has 3 unspecified atom stereocenters. The number of nitro benzene ring substituents is 1. The van der Waals surface area contributed by atoms with E-state index in [9.17, 15) is 14.9 Å². The smallest absolute Gasteiger partial charge is 0.308 e. The first kappa shape index (κ1) is 19.8. The molecule has 1 N–H and O–H groups in total. The number of nitrogens with one attached hydrogen (secondary N) is 1. The molecule has 0 radical (unpaired) electrons. The van der Waals surface area contributed by atoms with Crippen LogP contribution >= 0.6 is 0 Å². The Morgan fingerprint density at radius 2 is 1.87 bits per heavy atom. The Morgan fingerprint density at radius 3 is 2.53 bits per heavy atom.